The zero-order valence-corrected chi connectivity index (χ0v) is 8.12. The van der Waals surface area contributed by atoms with Crippen molar-refractivity contribution in [2.75, 3.05) is 0 Å². The van der Waals surface area contributed by atoms with Gasteiger partial charge in [0.15, 0.2) is 0 Å². The van der Waals surface area contributed by atoms with Gasteiger partial charge in [-0.2, -0.15) is 22.4 Å². The Morgan fingerprint density at radius 3 is 2.80 bits per heavy atom. The second kappa shape index (κ2) is 3.67. The molecule has 1 aliphatic heterocycles. The molecule has 1 rings (SSSR count). The number of hydrogen-bond acceptors (Lipinski definition) is 3. The zero-order chi connectivity index (χ0) is 7.56. The average Bonchev–Trinajstić information content (AvgIpc) is 2.13. The topological polar surface area (TPSA) is 43.4 Å². The molecule has 10 heavy (non-hydrogen) atoms. The molecule has 0 bridgehead atoms. The van der Waals surface area contributed by atoms with E-state index in [2.05, 4.69) is 27.1 Å². The third kappa shape index (κ3) is 1.92. The number of ether oxygens (including phenoxy) is 1. The van der Waals surface area contributed by atoms with E-state index in [0.29, 0.717) is 8.46 Å². The van der Waals surface area contributed by atoms with E-state index < -0.39 is 0 Å². The predicted octanol–water partition coefficient (Wildman–Crippen LogP) is 0.476. The zero-order valence-electron chi connectivity index (χ0n) is 4.96. The molecule has 0 saturated carbocycles. The summed E-state index contributed by atoms with van der Waals surface area (Å²) < 4.78 is 4.33. The van der Waals surface area contributed by atoms with Crippen LogP contribution in [0, 0.1) is 0 Å². The Bertz CT molecular complexity index is 174. The lowest BCUT2D eigenvalue weighted by atomic mass is 10.3. The van der Waals surface area contributed by atoms with Gasteiger partial charge in [0.25, 0.3) is 0 Å². The number of halogens is 1. The van der Waals surface area contributed by atoms with Gasteiger partial charge in [-0.1, -0.05) is 0 Å². The molecule has 1 fully saturated rings. The Morgan fingerprint density at radius 2 is 2.40 bits per heavy atom. The second-order valence-electron chi connectivity index (χ2n) is 1.83. The fraction of sp³-hybridized carbons (Fsp3) is 0.500. The van der Waals surface area contributed by atoms with Gasteiger partial charge in [-0.15, -0.1) is 8.46 Å². The number of esters is 2. The van der Waals surface area contributed by atoms with Crippen LogP contribution in [-0.4, -0.2) is 22.5 Å². The number of carbonyl (C=O) groups is 2. The summed E-state index contributed by atoms with van der Waals surface area (Å²) in [6.07, 6.45) is 0.261. The predicted molar refractivity (Wildman–Crippen MR) is 47.6 cm³/mol. The van der Waals surface area contributed by atoms with Crippen LogP contribution in [0.1, 0.15) is 6.42 Å². The molecule has 1 radical (unpaired) electrons. The summed E-state index contributed by atoms with van der Waals surface area (Å²) in [4.78, 5) is 23.1. The number of cyclic esters (lactones) is 2. The Kier molecular flexibility index (Phi) is 3.10. The standard InChI is InChI=1S/C4H4BIO3P/c6-5-10-2-1-3(7)9-4(2)8/h2,10H,1H2. The highest BCUT2D eigenvalue weighted by Gasteiger charge is 2.32. The molecule has 1 saturated heterocycles. The van der Waals surface area contributed by atoms with Crippen molar-refractivity contribution in [3.05, 3.63) is 0 Å². The van der Waals surface area contributed by atoms with E-state index >= 15 is 0 Å². The fourth-order valence-electron chi connectivity index (χ4n) is 0.678. The smallest absolute Gasteiger partial charge is 0.320 e. The van der Waals surface area contributed by atoms with Crippen molar-refractivity contribution < 1.29 is 14.3 Å². The molecule has 0 N–H and O–H groups in total. The first-order valence-corrected chi connectivity index (χ1v) is 5.06. The number of rotatable bonds is 2. The first-order valence-electron chi connectivity index (χ1n) is 2.66. The highest BCUT2D eigenvalue weighted by molar-refractivity contribution is 14.1. The Balaban J connectivity index is 2.46. The average molecular weight is 269 g/mol. The molecule has 0 aliphatic carbocycles. The van der Waals surface area contributed by atoms with Gasteiger partial charge in [0.2, 0.25) is 4.86 Å². The summed E-state index contributed by atoms with van der Waals surface area (Å²) in [5.74, 6) is -0.753. The maximum atomic E-state index is 10.7. The minimum atomic E-state index is -0.388. The first-order chi connectivity index (χ1) is 4.74. The van der Waals surface area contributed by atoms with Gasteiger partial charge in [-0.25, -0.2) is 0 Å². The van der Waals surface area contributed by atoms with Crippen molar-refractivity contribution in [3.8, 4) is 0 Å². The lowest BCUT2D eigenvalue weighted by Gasteiger charge is -1.97. The molecule has 53 valence electrons. The van der Waals surface area contributed by atoms with E-state index in [0.717, 1.165) is 0 Å². The molecule has 1 heterocycles. The molecular weight excluding hydrogens is 265 g/mol. The largest absolute Gasteiger partial charge is 0.393 e. The molecule has 0 spiro atoms. The van der Waals surface area contributed by atoms with Crippen molar-refractivity contribution >= 4 is 47.6 Å². The maximum Gasteiger partial charge on any atom is 0.320 e. The van der Waals surface area contributed by atoms with Gasteiger partial charge in [-0.3, -0.25) is 9.59 Å². The van der Waals surface area contributed by atoms with Crippen LogP contribution in [0.15, 0.2) is 0 Å². The summed E-state index contributed by atoms with van der Waals surface area (Å²) in [5.41, 5.74) is -0.190. The molecule has 0 aromatic carbocycles. The van der Waals surface area contributed by atoms with Crippen molar-refractivity contribution in [1.82, 2.24) is 0 Å². The quantitative estimate of drug-likeness (QED) is 0.241. The third-order valence-corrected chi connectivity index (χ3v) is 3.18. The van der Waals surface area contributed by atoms with Crippen LogP contribution in [0.25, 0.3) is 0 Å². The molecule has 1 aliphatic rings. The van der Waals surface area contributed by atoms with Crippen LogP contribution < -0.4 is 0 Å². The van der Waals surface area contributed by atoms with Crippen molar-refractivity contribution in [2.24, 2.45) is 0 Å². The van der Waals surface area contributed by atoms with E-state index in [9.17, 15) is 9.59 Å². The highest BCUT2D eigenvalue weighted by Crippen LogP contribution is 2.27. The van der Waals surface area contributed by atoms with Gasteiger partial charge >= 0.3 is 11.9 Å². The lowest BCUT2D eigenvalue weighted by molar-refractivity contribution is -0.151. The highest BCUT2D eigenvalue weighted by atomic mass is 127. The molecule has 2 unspecified atom stereocenters. The molecule has 0 aromatic heterocycles. The van der Waals surface area contributed by atoms with Crippen LogP contribution >= 0.6 is 30.8 Å². The van der Waals surface area contributed by atoms with Crippen molar-refractivity contribution in [1.29, 1.82) is 0 Å². The molecular formula is C4H4BIO3P. The van der Waals surface area contributed by atoms with E-state index in [1.54, 1.807) is 0 Å². The third-order valence-electron chi connectivity index (χ3n) is 1.13. The summed E-state index contributed by atoms with van der Waals surface area (Å²) >= 11 is 2.06. The normalized spacial score (nSPS) is 25.9. The van der Waals surface area contributed by atoms with Crippen LogP contribution in [0.5, 0.6) is 0 Å². The van der Waals surface area contributed by atoms with Gasteiger partial charge < -0.3 is 4.74 Å². The number of carbonyl (C=O) groups excluding carboxylic acids is 2. The monoisotopic (exact) mass is 269 g/mol. The Morgan fingerprint density at radius 1 is 1.70 bits per heavy atom. The SMILES string of the molecule is O=C1CC(P[B]I)C(=O)O1. The summed E-state index contributed by atoms with van der Waals surface area (Å²) in [6, 6.07) is 0. The summed E-state index contributed by atoms with van der Waals surface area (Å²) in [6.45, 7) is 0. The Hall–Kier alpha value is 0.365. The van der Waals surface area contributed by atoms with Crippen LogP contribution in [0.3, 0.4) is 0 Å². The summed E-state index contributed by atoms with van der Waals surface area (Å²) in [7, 11) is 0.401. The van der Waals surface area contributed by atoms with E-state index in [1.165, 1.54) is 0 Å². The van der Waals surface area contributed by atoms with Crippen LogP contribution in [-0.2, 0) is 14.3 Å². The Labute approximate surface area is 74.1 Å². The van der Waals surface area contributed by atoms with Gasteiger partial charge in [0.05, 0.1) is 12.1 Å². The fourth-order valence-corrected chi connectivity index (χ4v) is 2.61. The molecule has 6 heteroatoms. The molecule has 0 amide bonds. The molecule has 3 nitrogen and oxygen atoms in total. The minimum Gasteiger partial charge on any atom is -0.393 e. The van der Waals surface area contributed by atoms with E-state index in [-0.39, 0.29) is 24.0 Å². The first kappa shape index (κ1) is 8.46. The van der Waals surface area contributed by atoms with Crippen molar-refractivity contribution in [2.45, 2.75) is 12.1 Å². The number of hydrogen-bond donors (Lipinski definition) is 0. The van der Waals surface area contributed by atoms with Crippen LogP contribution in [0.2, 0.25) is 0 Å². The summed E-state index contributed by atoms with van der Waals surface area (Å²) in [5, 5.41) is 0. The minimum absolute atomic E-state index is 0.190. The maximum absolute atomic E-state index is 10.7. The molecule has 2 atom stereocenters. The second-order valence-corrected chi connectivity index (χ2v) is 4.94. The van der Waals surface area contributed by atoms with E-state index in [4.69, 9.17) is 0 Å². The van der Waals surface area contributed by atoms with Crippen LogP contribution in [0.4, 0.5) is 0 Å². The van der Waals surface area contributed by atoms with Gasteiger partial charge in [-0.05, 0) is 0 Å². The molecule has 0 aromatic rings. The van der Waals surface area contributed by atoms with Gasteiger partial charge in [0.1, 0.15) is 0 Å². The van der Waals surface area contributed by atoms with Crippen molar-refractivity contribution in [3.63, 3.8) is 0 Å². The van der Waals surface area contributed by atoms with E-state index in [1.807, 2.05) is 4.86 Å². The lowest BCUT2D eigenvalue weighted by Crippen LogP contribution is -2.07. The van der Waals surface area contributed by atoms with Gasteiger partial charge in [0, 0.05) is 0 Å².